The van der Waals surface area contributed by atoms with E-state index in [1.54, 1.807) is 21.3 Å². The van der Waals surface area contributed by atoms with Gasteiger partial charge in [0.15, 0.2) is 11.5 Å². The Hall–Kier alpha value is -1.09. The maximum absolute atomic E-state index is 6.54. The first-order valence-electron chi connectivity index (χ1n) is 6.15. The highest BCUT2D eigenvalue weighted by Gasteiger charge is 2.30. The van der Waals surface area contributed by atoms with E-state index in [1.807, 2.05) is 12.1 Å². The second-order valence-corrected chi connectivity index (χ2v) is 4.99. The van der Waals surface area contributed by atoms with E-state index >= 15 is 0 Å². The number of benzene rings is 1. The van der Waals surface area contributed by atoms with Crippen LogP contribution in [0.15, 0.2) is 12.1 Å². The standard InChI is InChI=1S/C14H19ClO3/c1-16-11-8-7-10(12(15)9-5-4-6-9)13(17-2)14(11)18-3/h7-9,12H,4-6H2,1-3H3. The van der Waals surface area contributed by atoms with Crippen molar-refractivity contribution in [1.29, 1.82) is 0 Å². The molecule has 0 aromatic heterocycles. The summed E-state index contributed by atoms with van der Waals surface area (Å²) in [6, 6.07) is 3.85. The van der Waals surface area contributed by atoms with Gasteiger partial charge in [0.2, 0.25) is 5.75 Å². The fourth-order valence-electron chi connectivity index (χ4n) is 2.33. The van der Waals surface area contributed by atoms with Crippen LogP contribution in [0.25, 0.3) is 0 Å². The number of methoxy groups -OCH3 is 3. The molecule has 3 nitrogen and oxygen atoms in total. The van der Waals surface area contributed by atoms with Crippen molar-refractivity contribution in [3.8, 4) is 17.2 Å². The molecule has 1 fully saturated rings. The average molecular weight is 271 g/mol. The number of hydrogen-bond donors (Lipinski definition) is 0. The van der Waals surface area contributed by atoms with Crippen LogP contribution >= 0.6 is 11.6 Å². The summed E-state index contributed by atoms with van der Waals surface area (Å²) in [6.07, 6.45) is 3.64. The zero-order valence-corrected chi connectivity index (χ0v) is 11.8. The molecule has 18 heavy (non-hydrogen) atoms. The third kappa shape index (κ3) is 2.24. The first-order valence-corrected chi connectivity index (χ1v) is 6.59. The summed E-state index contributed by atoms with van der Waals surface area (Å²) in [4.78, 5) is 0. The van der Waals surface area contributed by atoms with Crippen molar-refractivity contribution in [3.63, 3.8) is 0 Å². The maximum Gasteiger partial charge on any atom is 0.203 e. The summed E-state index contributed by atoms with van der Waals surface area (Å²) < 4.78 is 16.1. The van der Waals surface area contributed by atoms with Crippen LogP contribution in [-0.4, -0.2) is 21.3 Å². The molecule has 0 amide bonds. The monoisotopic (exact) mass is 270 g/mol. The van der Waals surface area contributed by atoms with Crippen molar-refractivity contribution < 1.29 is 14.2 Å². The van der Waals surface area contributed by atoms with Crippen LogP contribution < -0.4 is 14.2 Å². The largest absolute Gasteiger partial charge is 0.493 e. The van der Waals surface area contributed by atoms with E-state index in [-0.39, 0.29) is 5.38 Å². The van der Waals surface area contributed by atoms with Crippen LogP contribution in [0.2, 0.25) is 0 Å². The SMILES string of the molecule is COc1ccc(C(Cl)C2CCC2)c(OC)c1OC. The average Bonchev–Trinajstić information content (AvgIpc) is 2.34. The third-order valence-corrected chi connectivity index (χ3v) is 4.19. The highest BCUT2D eigenvalue weighted by atomic mass is 35.5. The molecule has 4 heteroatoms. The van der Waals surface area contributed by atoms with Gasteiger partial charge in [-0.2, -0.15) is 0 Å². The molecule has 1 aromatic rings. The quantitative estimate of drug-likeness (QED) is 0.762. The lowest BCUT2D eigenvalue weighted by atomic mass is 9.80. The van der Waals surface area contributed by atoms with Gasteiger partial charge in [0.1, 0.15) is 0 Å². The zero-order chi connectivity index (χ0) is 13.1. The van der Waals surface area contributed by atoms with E-state index < -0.39 is 0 Å². The molecule has 0 spiro atoms. The zero-order valence-electron chi connectivity index (χ0n) is 11.0. The minimum absolute atomic E-state index is 0.0199. The molecule has 100 valence electrons. The number of rotatable bonds is 5. The van der Waals surface area contributed by atoms with Crippen LogP contribution in [-0.2, 0) is 0 Å². The fraction of sp³-hybridized carbons (Fsp3) is 0.571. The summed E-state index contributed by atoms with van der Waals surface area (Å²) in [6.45, 7) is 0. The van der Waals surface area contributed by atoms with Gasteiger partial charge in [-0.25, -0.2) is 0 Å². The van der Waals surface area contributed by atoms with E-state index in [0.717, 1.165) is 5.56 Å². The Balaban J connectivity index is 2.40. The second-order valence-electron chi connectivity index (χ2n) is 4.52. The molecular formula is C14H19ClO3. The molecule has 1 aliphatic carbocycles. The summed E-state index contributed by atoms with van der Waals surface area (Å²) in [5, 5.41) is -0.0199. The molecule has 0 bridgehead atoms. The summed E-state index contributed by atoms with van der Waals surface area (Å²) in [5.41, 5.74) is 0.988. The molecule has 1 saturated carbocycles. The molecule has 1 aliphatic rings. The fourth-order valence-corrected chi connectivity index (χ4v) is 2.75. The van der Waals surface area contributed by atoms with E-state index in [1.165, 1.54) is 19.3 Å². The molecule has 0 heterocycles. The Morgan fingerprint density at radius 3 is 2.17 bits per heavy atom. The van der Waals surface area contributed by atoms with Crippen molar-refractivity contribution in [2.75, 3.05) is 21.3 Å². The van der Waals surface area contributed by atoms with Crippen LogP contribution in [0.4, 0.5) is 0 Å². The van der Waals surface area contributed by atoms with Crippen LogP contribution in [0.1, 0.15) is 30.2 Å². The number of halogens is 1. The minimum atomic E-state index is -0.0199. The Bertz CT molecular complexity index is 416. The van der Waals surface area contributed by atoms with Gasteiger partial charge in [-0.05, 0) is 30.9 Å². The molecule has 0 radical (unpaired) electrons. The minimum Gasteiger partial charge on any atom is -0.493 e. The smallest absolute Gasteiger partial charge is 0.203 e. The van der Waals surface area contributed by atoms with E-state index in [2.05, 4.69) is 0 Å². The van der Waals surface area contributed by atoms with Gasteiger partial charge in [0.05, 0.1) is 26.7 Å². The maximum atomic E-state index is 6.54. The molecule has 0 aliphatic heterocycles. The van der Waals surface area contributed by atoms with Gasteiger partial charge in [0.25, 0.3) is 0 Å². The lowest BCUT2D eigenvalue weighted by molar-refractivity contribution is 0.292. The van der Waals surface area contributed by atoms with Crippen molar-refractivity contribution in [2.24, 2.45) is 5.92 Å². The Morgan fingerprint density at radius 1 is 1.06 bits per heavy atom. The molecule has 2 rings (SSSR count). The summed E-state index contributed by atoms with van der Waals surface area (Å²) in [5.74, 6) is 2.50. The number of ether oxygens (including phenoxy) is 3. The van der Waals surface area contributed by atoms with Crippen LogP contribution in [0.3, 0.4) is 0 Å². The van der Waals surface area contributed by atoms with Crippen molar-refractivity contribution in [1.82, 2.24) is 0 Å². The third-order valence-electron chi connectivity index (χ3n) is 3.60. The first kappa shape index (κ1) is 13.3. The van der Waals surface area contributed by atoms with Gasteiger partial charge in [-0.15, -0.1) is 11.6 Å². The van der Waals surface area contributed by atoms with Crippen molar-refractivity contribution >= 4 is 11.6 Å². The van der Waals surface area contributed by atoms with Gasteiger partial charge in [-0.1, -0.05) is 6.42 Å². The highest BCUT2D eigenvalue weighted by molar-refractivity contribution is 6.21. The summed E-state index contributed by atoms with van der Waals surface area (Å²) in [7, 11) is 4.85. The second kappa shape index (κ2) is 5.70. The summed E-state index contributed by atoms with van der Waals surface area (Å²) >= 11 is 6.54. The van der Waals surface area contributed by atoms with Gasteiger partial charge < -0.3 is 14.2 Å². The molecule has 1 atom stereocenters. The molecular weight excluding hydrogens is 252 g/mol. The predicted octanol–water partition coefficient (Wildman–Crippen LogP) is 3.79. The number of alkyl halides is 1. The topological polar surface area (TPSA) is 27.7 Å². The van der Waals surface area contributed by atoms with E-state index in [4.69, 9.17) is 25.8 Å². The van der Waals surface area contributed by atoms with Crippen molar-refractivity contribution in [3.05, 3.63) is 17.7 Å². The van der Waals surface area contributed by atoms with Crippen LogP contribution in [0.5, 0.6) is 17.2 Å². The Morgan fingerprint density at radius 2 is 1.72 bits per heavy atom. The number of hydrogen-bond acceptors (Lipinski definition) is 3. The molecule has 1 unspecified atom stereocenters. The lowest BCUT2D eigenvalue weighted by Gasteiger charge is -2.31. The predicted molar refractivity (Wildman–Crippen MR) is 72.0 cm³/mol. The van der Waals surface area contributed by atoms with Crippen molar-refractivity contribution in [2.45, 2.75) is 24.6 Å². The Labute approximate surface area is 113 Å². The molecule has 0 N–H and O–H groups in total. The molecule has 1 aromatic carbocycles. The molecule has 0 saturated heterocycles. The Kier molecular flexibility index (Phi) is 4.23. The lowest BCUT2D eigenvalue weighted by Crippen LogP contribution is -2.17. The van der Waals surface area contributed by atoms with Gasteiger partial charge >= 0.3 is 0 Å². The van der Waals surface area contributed by atoms with Gasteiger partial charge in [0, 0.05) is 5.56 Å². The first-order chi connectivity index (χ1) is 8.72. The van der Waals surface area contributed by atoms with E-state index in [0.29, 0.717) is 23.2 Å². The van der Waals surface area contributed by atoms with Crippen LogP contribution in [0, 0.1) is 5.92 Å². The normalized spacial score (nSPS) is 16.9. The highest BCUT2D eigenvalue weighted by Crippen LogP contribution is 2.49. The van der Waals surface area contributed by atoms with E-state index in [9.17, 15) is 0 Å². The van der Waals surface area contributed by atoms with Gasteiger partial charge in [-0.3, -0.25) is 0 Å².